The summed E-state index contributed by atoms with van der Waals surface area (Å²) in [6, 6.07) is 1.53. The van der Waals surface area contributed by atoms with Crippen LogP contribution >= 0.6 is 24.0 Å². The van der Waals surface area contributed by atoms with Gasteiger partial charge in [0.05, 0.1) is 5.56 Å². The number of nitrogens with two attached hydrogens (primary N) is 1. The van der Waals surface area contributed by atoms with Gasteiger partial charge in [-0.15, -0.1) is 12.4 Å². The lowest BCUT2D eigenvalue weighted by Gasteiger charge is -2.18. The van der Waals surface area contributed by atoms with Gasteiger partial charge in [0.25, 0.3) is 0 Å². The highest BCUT2D eigenvalue weighted by Crippen LogP contribution is 2.36. The fourth-order valence-electron chi connectivity index (χ4n) is 1.42. The zero-order valence-electron chi connectivity index (χ0n) is 8.85. The molecule has 18 heavy (non-hydrogen) atoms. The lowest BCUT2D eigenvalue weighted by Crippen LogP contribution is -2.19. The monoisotopic (exact) mass is 309 g/mol. The first-order valence-corrected chi connectivity index (χ1v) is 5.00. The number of hydrogen-bond donors (Lipinski definition) is 1. The molecular formula is C10H10Cl2F5N. The molecule has 0 aromatic heterocycles. The number of alkyl halides is 5. The largest absolute Gasteiger partial charge is 0.416 e. The third kappa shape index (κ3) is 4.59. The predicted molar refractivity (Wildman–Crippen MR) is 61.3 cm³/mol. The van der Waals surface area contributed by atoms with Crippen LogP contribution in [0.5, 0.6) is 0 Å². The van der Waals surface area contributed by atoms with Crippen molar-refractivity contribution in [2.45, 2.75) is 25.1 Å². The molecule has 0 unspecified atom stereocenters. The minimum absolute atomic E-state index is 0. The van der Waals surface area contributed by atoms with Crippen molar-refractivity contribution in [3.8, 4) is 0 Å². The van der Waals surface area contributed by atoms with Gasteiger partial charge >= 0.3 is 6.18 Å². The highest BCUT2D eigenvalue weighted by atomic mass is 35.5. The van der Waals surface area contributed by atoms with Gasteiger partial charge in [0.1, 0.15) is 0 Å². The fourth-order valence-corrected chi connectivity index (χ4v) is 1.59. The van der Waals surface area contributed by atoms with Crippen LogP contribution in [0.25, 0.3) is 0 Å². The second-order valence-corrected chi connectivity index (χ2v) is 3.90. The summed E-state index contributed by atoms with van der Waals surface area (Å²) in [5.74, 6) is 0. The molecule has 1 aromatic rings. The summed E-state index contributed by atoms with van der Waals surface area (Å²) >= 11 is 5.44. The third-order valence-corrected chi connectivity index (χ3v) is 2.39. The first-order chi connectivity index (χ1) is 7.71. The number of benzene rings is 1. The van der Waals surface area contributed by atoms with Crippen molar-refractivity contribution in [2.75, 3.05) is 0 Å². The van der Waals surface area contributed by atoms with Crippen LogP contribution in [-0.4, -0.2) is 6.43 Å². The highest BCUT2D eigenvalue weighted by Gasteiger charge is 2.35. The van der Waals surface area contributed by atoms with Gasteiger partial charge in [-0.25, -0.2) is 8.78 Å². The van der Waals surface area contributed by atoms with Crippen LogP contribution in [0.1, 0.15) is 23.6 Å². The van der Waals surface area contributed by atoms with Gasteiger partial charge in [0.15, 0.2) is 0 Å². The van der Waals surface area contributed by atoms with E-state index in [1.54, 1.807) is 0 Å². The van der Waals surface area contributed by atoms with E-state index in [1.165, 1.54) is 6.07 Å². The molecule has 104 valence electrons. The van der Waals surface area contributed by atoms with E-state index in [9.17, 15) is 22.0 Å². The summed E-state index contributed by atoms with van der Waals surface area (Å²) in [5, 5.41) is -0.120. The molecule has 0 aliphatic heterocycles. The molecule has 1 atom stereocenters. The second kappa shape index (κ2) is 6.54. The summed E-state index contributed by atoms with van der Waals surface area (Å²) in [7, 11) is 0. The number of halogens is 7. The van der Waals surface area contributed by atoms with E-state index in [0.29, 0.717) is 6.07 Å². The van der Waals surface area contributed by atoms with Crippen molar-refractivity contribution in [3.05, 3.63) is 34.3 Å². The topological polar surface area (TPSA) is 26.0 Å². The van der Waals surface area contributed by atoms with Crippen LogP contribution in [-0.2, 0) is 6.18 Å². The van der Waals surface area contributed by atoms with E-state index in [-0.39, 0.29) is 23.0 Å². The standard InChI is InChI=1S/C10H9ClF5N.ClH/c11-5-1-2-6(8(17)4-9(12)13)7(3-5)10(14,15)16;/h1-3,8-9H,4,17H2;1H/t8-;/m1./s1. The van der Waals surface area contributed by atoms with Crippen molar-refractivity contribution < 1.29 is 22.0 Å². The molecule has 2 N–H and O–H groups in total. The molecule has 0 aliphatic rings. The molecule has 0 heterocycles. The first-order valence-electron chi connectivity index (χ1n) is 4.62. The quantitative estimate of drug-likeness (QED) is 0.821. The Kier molecular flexibility index (Phi) is 6.33. The molecule has 0 radical (unpaired) electrons. The highest BCUT2D eigenvalue weighted by molar-refractivity contribution is 6.30. The molecule has 0 spiro atoms. The Bertz CT molecular complexity index is 394. The van der Waals surface area contributed by atoms with E-state index in [4.69, 9.17) is 17.3 Å². The predicted octanol–water partition coefficient (Wildman–Crippen LogP) is 4.44. The Morgan fingerprint density at radius 3 is 2.22 bits per heavy atom. The number of hydrogen-bond acceptors (Lipinski definition) is 1. The van der Waals surface area contributed by atoms with Gasteiger partial charge in [-0.3, -0.25) is 0 Å². The molecule has 0 bridgehead atoms. The molecule has 0 amide bonds. The molecule has 1 nitrogen and oxygen atoms in total. The van der Waals surface area contributed by atoms with E-state index in [1.807, 2.05) is 0 Å². The lowest BCUT2D eigenvalue weighted by atomic mass is 9.98. The van der Waals surface area contributed by atoms with Gasteiger partial charge in [-0.1, -0.05) is 17.7 Å². The van der Waals surface area contributed by atoms with Crippen LogP contribution in [0, 0.1) is 0 Å². The Balaban J connectivity index is 0.00000289. The van der Waals surface area contributed by atoms with Crippen LogP contribution in [0.15, 0.2) is 18.2 Å². The maximum Gasteiger partial charge on any atom is 0.416 e. The summed E-state index contributed by atoms with van der Waals surface area (Å²) in [5.41, 5.74) is 3.88. The Hall–Kier alpha value is -0.590. The van der Waals surface area contributed by atoms with Gasteiger partial charge < -0.3 is 5.73 Å². The Morgan fingerprint density at radius 2 is 1.78 bits per heavy atom. The van der Waals surface area contributed by atoms with Crippen molar-refractivity contribution >= 4 is 24.0 Å². The van der Waals surface area contributed by atoms with Crippen molar-refractivity contribution in [2.24, 2.45) is 5.73 Å². The Morgan fingerprint density at radius 1 is 1.22 bits per heavy atom. The summed E-state index contributed by atoms with van der Waals surface area (Å²) in [4.78, 5) is 0. The van der Waals surface area contributed by atoms with Gasteiger partial charge in [0.2, 0.25) is 6.43 Å². The van der Waals surface area contributed by atoms with E-state index >= 15 is 0 Å². The average molecular weight is 310 g/mol. The summed E-state index contributed by atoms with van der Waals surface area (Å²) in [6.07, 6.45) is -8.26. The van der Waals surface area contributed by atoms with Gasteiger partial charge in [-0.05, 0) is 17.7 Å². The smallest absolute Gasteiger partial charge is 0.324 e. The molecular weight excluding hydrogens is 300 g/mol. The fraction of sp³-hybridized carbons (Fsp3) is 0.400. The minimum Gasteiger partial charge on any atom is -0.324 e. The molecule has 0 aliphatic carbocycles. The summed E-state index contributed by atoms with van der Waals surface area (Å²) in [6.45, 7) is 0. The van der Waals surface area contributed by atoms with Crippen LogP contribution in [0.3, 0.4) is 0 Å². The SMILES string of the molecule is Cl.N[C@H](CC(F)F)c1ccc(Cl)cc1C(F)(F)F. The maximum absolute atomic E-state index is 12.6. The third-order valence-electron chi connectivity index (χ3n) is 2.15. The van der Waals surface area contributed by atoms with Gasteiger partial charge in [-0.2, -0.15) is 13.2 Å². The summed E-state index contributed by atoms with van der Waals surface area (Å²) < 4.78 is 62.1. The van der Waals surface area contributed by atoms with Crippen LogP contribution in [0.2, 0.25) is 5.02 Å². The van der Waals surface area contributed by atoms with Crippen molar-refractivity contribution in [3.63, 3.8) is 0 Å². The molecule has 8 heteroatoms. The molecule has 1 rings (SSSR count). The minimum atomic E-state index is -4.67. The molecule has 0 saturated carbocycles. The normalized spacial score (nSPS) is 13.3. The number of rotatable bonds is 3. The van der Waals surface area contributed by atoms with Crippen LogP contribution < -0.4 is 5.73 Å². The molecule has 0 fully saturated rings. The average Bonchev–Trinajstić information content (AvgIpc) is 2.14. The van der Waals surface area contributed by atoms with Crippen molar-refractivity contribution in [1.82, 2.24) is 0 Å². The molecule has 0 saturated heterocycles. The van der Waals surface area contributed by atoms with Crippen LogP contribution in [0.4, 0.5) is 22.0 Å². The zero-order valence-corrected chi connectivity index (χ0v) is 10.4. The molecule has 1 aromatic carbocycles. The van der Waals surface area contributed by atoms with Gasteiger partial charge in [0, 0.05) is 17.5 Å². The zero-order chi connectivity index (χ0) is 13.2. The van der Waals surface area contributed by atoms with E-state index in [2.05, 4.69) is 0 Å². The lowest BCUT2D eigenvalue weighted by molar-refractivity contribution is -0.138. The van der Waals surface area contributed by atoms with E-state index in [0.717, 1.165) is 6.07 Å². The first kappa shape index (κ1) is 17.4. The second-order valence-electron chi connectivity index (χ2n) is 3.46. The van der Waals surface area contributed by atoms with E-state index < -0.39 is 30.6 Å². The maximum atomic E-state index is 12.6. The van der Waals surface area contributed by atoms with Crippen molar-refractivity contribution in [1.29, 1.82) is 0 Å². The Labute approximate surface area is 112 Å².